The van der Waals surface area contributed by atoms with E-state index < -0.39 is 12.0 Å². The van der Waals surface area contributed by atoms with Crippen LogP contribution in [0.1, 0.15) is 19.8 Å². The highest BCUT2D eigenvalue weighted by Gasteiger charge is 2.34. The molecule has 2 atom stereocenters. The van der Waals surface area contributed by atoms with Crippen molar-refractivity contribution < 1.29 is 14.7 Å². The van der Waals surface area contributed by atoms with Gasteiger partial charge in [0.25, 0.3) is 0 Å². The predicted octanol–water partition coefficient (Wildman–Crippen LogP) is 2.46. The first-order chi connectivity index (χ1) is 9.97. The summed E-state index contributed by atoms with van der Waals surface area (Å²) in [5.74, 6) is -1.02. The molecule has 1 heterocycles. The number of nitrogens with one attached hydrogen (secondary N) is 1. The first-order valence-electron chi connectivity index (χ1n) is 6.99. The van der Waals surface area contributed by atoms with Crippen LogP contribution in [0.5, 0.6) is 0 Å². The molecule has 1 aliphatic heterocycles. The second-order valence-electron chi connectivity index (χ2n) is 5.43. The monoisotopic (exact) mass is 310 g/mol. The lowest BCUT2D eigenvalue weighted by Crippen LogP contribution is -2.51. The maximum absolute atomic E-state index is 12.1. The van der Waals surface area contributed by atoms with E-state index in [4.69, 9.17) is 11.6 Å². The zero-order chi connectivity index (χ0) is 15.4. The number of benzene rings is 1. The molecule has 6 heteroatoms. The normalized spacial score (nSPS) is 22.8. The van der Waals surface area contributed by atoms with Gasteiger partial charge >= 0.3 is 5.97 Å². The van der Waals surface area contributed by atoms with Crippen LogP contribution in [0.4, 0.5) is 5.69 Å². The van der Waals surface area contributed by atoms with E-state index in [0.717, 1.165) is 12.8 Å². The topological polar surface area (TPSA) is 69.6 Å². The fourth-order valence-corrected chi connectivity index (χ4v) is 2.89. The molecule has 5 nitrogen and oxygen atoms in total. The summed E-state index contributed by atoms with van der Waals surface area (Å²) >= 11 is 5.79. The van der Waals surface area contributed by atoms with Crippen LogP contribution in [0.15, 0.2) is 24.3 Å². The second-order valence-corrected chi connectivity index (χ2v) is 5.86. The van der Waals surface area contributed by atoms with Crippen LogP contribution in [-0.4, -0.2) is 41.0 Å². The van der Waals surface area contributed by atoms with Gasteiger partial charge in [0.05, 0.1) is 6.54 Å². The summed E-state index contributed by atoms with van der Waals surface area (Å²) in [5.41, 5.74) is 0.654. The van der Waals surface area contributed by atoms with E-state index >= 15 is 0 Å². The van der Waals surface area contributed by atoms with Crippen molar-refractivity contribution in [2.75, 3.05) is 18.4 Å². The van der Waals surface area contributed by atoms with Gasteiger partial charge in [-0.1, -0.05) is 18.5 Å². The number of rotatable bonds is 4. The number of amides is 1. The van der Waals surface area contributed by atoms with E-state index in [0.29, 0.717) is 17.3 Å². The molecular formula is C15H19ClN2O3. The molecule has 1 aromatic carbocycles. The Morgan fingerprint density at radius 3 is 2.67 bits per heavy atom. The third kappa shape index (κ3) is 4.19. The van der Waals surface area contributed by atoms with Gasteiger partial charge in [0.2, 0.25) is 5.91 Å². The first-order valence-corrected chi connectivity index (χ1v) is 7.37. The number of hydrogen-bond acceptors (Lipinski definition) is 3. The molecule has 0 spiro atoms. The Bertz CT molecular complexity index is 518. The summed E-state index contributed by atoms with van der Waals surface area (Å²) in [5, 5.41) is 12.7. The molecule has 0 aromatic heterocycles. The number of likely N-dealkylation sites (tertiary alicyclic amines) is 1. The van der Waals surface area contributed by atoms with E-state index in [1.807, 2.05) is 6.92 Å². The first kappa shape index (κ1) is 15.8. The average molecular weight is 311 g/mol. The lowest BCUT2D eigenvalue weighted by molar-refractivity contribution is -0.147. The molecule has 2 rings (SSSR count). The summed E-state index contributed by atoms with van der Waals surface area (Å²) in [4.78, 5) is 25.2. The molecule has 0 bridgehead atoms. The Morgan fingerprint density at radius 1 is 1.38 bits per heavy atom. The van der Waals surface area contributed by atoms with Crippen molar-refractivity contribution >= 4 is 29.2 Å². The van der Waals surface area contributed by atoms with Crippen LogP contribution in [0.25, 0.3) is 0 Å². The number of halogens is 1. The number of anilines is 1. The molecule has 0 aliphatic carbocycles. The molecule has 1 aliphatic rings. The van der Waals surface area contributed by atoms with Crippen LogP contribution in [0, 0.1) is 5.92 Å². The second kappa shape index (κ2) is 6.91. The van der Waals surface area contributed by atoms with Gasteiger partial charge in [-0.05, 0) is 49.6 Å². The minimum Gasteiger partial charge on any atom is -0.480 e. The van der Waals surface area contributed by atoms with Crippen LogP contribution >= 0.6 is 11.6 Å². The summed E-state index contributed by atoms with van der Waals surface area (Å²) in [6, 6.07) is 6.23. The SMILES string of the molecule is CC1CCCN(CC(=O)Nc2ccc(Cl)cc2)C1C(=O)O. The van der Waals surface area contributed by atoms with Crippen LogP contribution in [0.2, 0.25) is 5.02 Å². The van der Waals surface area contributed by atoms with Crippen molar-refractivity contribution in [3.05, 3.63) is 29.3 Å². The molecule has 2 N–H and O–H groups in total. The Morgan fingerprint density at radius 2 is 2.05 bits per heavy atom. The van der Waals surface area contributed by atoms with Crippen LogP contribution < -0.4 is 5.32 Å². The number of nitrogens with zero attached hydrogens (tertiary/aromatic N) is 1. The molecule has 114 valence electrons. The number of carboxylic acids is 1. The molecule has 1 fully saturated rings. The number of hydrogen-bond donors (Lipinski definition) is 2. The van der Waals surface area contributed by atoms with Crippen molar-refractivity contribution in [2.24, 2.45) is 5.92 Å². The third-order valence-corrected chi connectivity index (χ3v) is 4.02. The molecule has 1 aromatic rings. The Balaban J connectivity index is 1.97. The molecule has 1 saturated heterocycles. The third-order valence-electron chi connectivity index (χ3n) is 3.76. The smallest absolute Gasteiger partial charge is 0.321 e. The van der Waals surface area contributed by atoms with Gasteiger partial charge in [0.15, 0.2) is 0 Å². The Hall–Kier alpha value is -1.59. The zero-order valence-electron chi connectivity index (χ0n) is 11.9. The van der Waals surface area contributed by atoms with Crippen molar-refractivity contribution in [1.82, 2.24) is 4.90 Å². The van der Waals surface area contributed by atoms with Gasteiger partial charge in [-0.25, -0.2) is 0 Å². The molecular weight excluding hydrogens is 292 g/mol. The molecule has 0 saturated carbocycles. The number of carbonyl (C=O) groups is 2. The summed E-state index contributed by atoms with van der Waals surface area (Å²) in [6.45, 7) is 2.64. The minimum absolute atomic E-state index is 0.0552. The van der Waals surface area contributed by atoms with Crippen molar-refractivity contribution in [2.45, 2.75) is 25.8 Å². The number of carboxylic acid groups (broad SMARTS) is 1. The molecule has 0 radical (unpaired) electrons. The number of carbonyl (C=O) groups excluding carboxylic acids is 1. The predicted molar refractivity (Wildman–Crippen MR) is 81.5 cm³/mol. The Labute approximate surface area is 128 Å². The van der Waals surface area contributed by atoms with Gasteiger partial charge in [-0.3, -0.25) is 14.5 Å². The van der Waals surface area contributed by atoms with Gasteiger partial charge < -0.3 is 10.4 Å². The van der Waals surface area contributed by atoms with Crippen molar-refractivity contribution in [3.8, 4) is 0 Å². The molecule has 21 heavy (non-hydrogen) atoms. The lowest BCUT2D eigenvalue weighted by Gasteiger charge is -2.36. The van der Waals surface area contributed by atoms with Gasteiger partial charge in [0.1, 0.15) is 6.04 Å². The van der Waals surface area contributed by atoms with Crippen LogP contribution in [0.3, 0.4) is 0 Å². The summed E-state index contributed by atoms with van der Waals surface area (Å²) in [7, 11) is 0. The van der Waals surface area contributed by atoms with E-state index in [9.17, 15) is 14.7 Å². The van der Waals surface area contributed by atoms with E-state index in [2.05, 4.69) is 5.32 Å². The quantitative estimate of drug-likeness (QED) is 0.896. The number of piperidine rings is 1. The fourth-order valence-electron chi connectivity index (χ4n) is 2.77. The van der Waals surface area contributed by atoms with E-state index in [1.54, 1.807) is 29.2 Å². The number of aliphatic carboxylic acids is 1. The highest BCUT2D eigenvalue weighted by atomic mass is 35.5. The Kier molecular flexibility index (Phi) is 5.20. The van der Waals surface area contributed by atoms with E-state index in [1.165, 1.54) is 0 Å². The summed E-state index contributed by atoms with van der Waals surface area (Å²) in [6.07, 6.45) is 1.80. The van der Waals surface area contributed by atoms with Gasteiger partial charge in [-0.2, -0.15) is 0 Å². The molecule has 2 unspecified atom stereocenters. The maximum atomic E-state index is 12.1. The van der Waals surface area contributed by atoms with E-state index in [-0.39, 0.29) is 18.4 Å². The van der Waals surface area contributed by atoms with Crippen LogP contribution in [-0.2, 0) is 9.59 Å². The maximum Gasteiger partial charge on any atom is 0.321 e. The molecule has 1 amide bonds. The zero-order valence-corrected chi connectivity index (χ0v) is 12.6. The minimum atomic E-state index is -0.860. The fraction of sp³-hybridized carbons (Fsp3) is 0.467. The highest BCUT2D eigenvalue weighted by Crippen LogP contribution is 2.23. The standard InChI is InChI=1S/C15H19ClN2O3/c1-10-3-2-8-18(14(10)15(20)21)9-13(19)17-12-6-4-11(16)5-7-12/h4-7,10,14H,2-3,8-9H2,1H3,(H,17,19)(H,20,21). The lowest BCUT2D eigenvalue weighted by atomic mass is 9.91. The van der Waals surface area contributed by atoms with Gasteiger partial charge in [0, 0.05) is 10.7 Å². The van der Waals surface area contributed by atoms with Gasteiger partial charge in [-0.15, -0.1) is 0 Å². The summed E-state index contributed by atoms with van der Waals surface area (Å²) < 4.78 is 0. The van der Waals surface area contributed by atoms with Crippen molar-refractivity contribution in [1.29, 1.82) is 0 Å². The largest absolute Gasteiger partial charge is 0.480 e. The highest BCUT2D eigenvalue weighted by molar-refractivity contribution is 6.30. The average Bonchev–Trinajstić information content (AvgIpc) is 2.41. The van der Waals surface area contributed by atoms with Crippen molar-refractivity contribution in [3.63, 3.8) is 0 Å².